The summed E-state index contributed by atoms with van der Waals surface area (Å²) in [5.74, 6) is 0.539. The van der Waals surface area contributed by atoms with Crippen LogP contribution in [-0.4, -0.2) is 70.9 Å². The van der Waals surface area contributed by atoms with Gasteiger partial charge >= 0.3 is 0 Å². The number of nitrogens with zero attached hydrogens (tertiary/aromatic N) is 2. The van der Waals surface area contributed by atoms with Crippen LogP contribution in [0.15, 0.2) is 42.5 Å². The number of amides is 1. The van der Waals surface area contributed by atoms with Gasteiger partial charge in [-0.3, -0.25) is 9.69 Å². The van der Waals surface area contributed by atoms with Crippen LogP contribution in [-0.2, 0) is 13.0 Å². The van der Waals surface area contributed by atoms with E-state index >= 15 is 0 Å². The summed E-state index contributed by atoms with van der Waals surface area (Å²) in [7, 11) is 1.87. The number of para-hydroxylation sites is 1. The first kappa shape index (κ1) is 26.6. The summed E-state index contributed by atoms with van der Waals surface area (Å²) >= 11 is 0. The van der Waals surface area contributed by atoms with Gasteiger partial charge in [0.2, 0.25) is 0 Å². The number of carbonyl (C=O) groups excluding carboxylic acids is 1. The number of hydrogen-bond donors (Lipinski definition) is 2. The standard InChI is InChI=1S/C30H42N2O4/c1-22-9-6-10-23(19-22)20-32-17-5-3-4-11-24-12-7-15-26(30(35)31(2)25-13-8-14-25)29(24)36-21-28(34)27(33)16-18-32/h6-7,9-10,12,15,19,25,27-28,33-34H,3-5,8,11,13-14,16-18,20-21H2,1-2H3/t27-,28+/m0/s1. The monoisotopic (exact) mass is 494 g/mol. The molecule has 1 aliphatic carbocycles. The number of ether oxygens (including phenoxy) is 1. The van der Waals surface area contributed by atoms with Crippen molar-refractivity contribution in [3.8, 4) is 5.75 Å². The third-order valence-corrected chi connectivity index (χ3v) is 7.76. The van der Waals surface area contributed by atoms with Gasteiger partial charge in [0, 0.05) is 26.2 Å². The summed E-state index contributed by atoms with van der Waals surface area (Å²) in [6.07, 6.45) is 5.78. The van der Waals surface area contributed by atoms with Crippen molar-refractivity contribution < 1.29 is 19.7 Å². The molecule has 0 bridgehead atoms. The van der Waals surface area contributed by atoms with E-state index in [9.17, 15) is 15.0 Å². The number of aliphatic hydroxyl groups excluding tert-OH is 2. The van der Waals surface area contributed by atoms with Crippen molar-refractivity contribution >= 4 is 5.91 Å². The van der Waals surface area contributed by atoms with Crippen LogP contribution in [0.25, 0.3) is 0 Å². The Kier molecular flexibility index (Phi) is 9.41. The van der Waals surface area contributed by atoms with Crippen LogP contribution in [0.5, 0.6) is 5.75 Å². The molecule has 6 nitrogen and oxygen atoms in total. The minimum Gasteiger partial charge on any atom is -0.490 e. The zero-order valence-corrected chi connectivity index (χ0v) is 21.9. The Balaban J connectivity index is 1.47. The van der Waals surface area contributed by atoms with Crippen molar-refractivity contribution in [1.82, 2.24) is 9.80 Å². The summed E-state index contributed by atoms with van der Waals surface area (Å²) in [5.41, 5.74) is 4.07. The molecule has 2 aromatic rings. The van der Waals surface area contributed by atoms with Gasteiger partial charge in [0.25, 0.3) is 5.91 Å². The van der Waals surface area contributed by atoms with Crippen LogP contribution in [0.4, 0.5) is 0 Å². The Morgan fingerprint density at radius 1 is 1.00 bits per heavy atom. The molecule has 2 aliphatic rings. The molecule has 1 fully saturated rings. The molecular weight excluding hydrogens is 452 g/mol. The Labute approximate surface area is 215 Å². The minimum absolute atomic E-state index is 0.0282. The molecule has 1 aliphatic heterocycles. The summed E-state index contributed by atoms with van der Waals surface area (Å²) in [6.45, 7) is 4.56. The smallest absolute Gasteiger partial charge is 0.257 e. The van der Waals surface area contributed by atoms with Crippen LogP contribution in [0.3, 0.4) is 0 Å². The van der Waals surface area contributed by atoms with Crippen LogP contribution < -0.4 is 4.74 Å². The third kappa shape index (κ3) is 6.87. The summed E-state index contributed by atoms with van der Waals surface area (Å²) in [4.78, 5) is 17.5. The number of hydrogen-bond acceptors (Lipinski definition) is 5. The maximum absolute atomic E-state index is 13.3. The lowest BCUT2D eigenvalue weighted by Gasteiger charge is -2.35. The lowest BCUT2D eigenvalue weighted by atomic mass is 9.91. The van der Waals surface area contributed by atoms with Gasteiger partial charge in [-0.2, -0.15) is 0 Å². The SMILES string of the molecule is Cc1cccc(CN2CCCCCc3cccc(C(=O)N(C)C4CCC4)c3OC[C@@H](O)[C@@H](O)CC2)c1. The molecule has 2 N–H and O–H groups in total. The van der Waals surface area contributed by atoms with E-state index in [4.69, 9.17) is 4.74 Å². The predicted molar refractivity (Wildman–Crippen MR) is 142 cm³/mol. The molecule has 0 radical (unpaired) electrons. The van der Waals surface area contributed by atoms with E-state index in [0.717, 1.165) is 63.6 Å². The fraction of sp³-hybridized carbons (Fsp3) is 0.567. The largest absolute Gasteiger partial charge is 0.490 e. The average molecular weight is 495 g/mol. The van der Waals surface area contributed by atoms with Crippen molar-refractivity contribution in [1.29, 1.82) is 0 Å². The molecule has 1 saturated carbocycles. The number of aryl methyl sites for hydroxylation is 2. The zero-order valence-electron chi connectivity index (χ0n) is 21.9. The van der Waals surface area contributed by atoms with Crippen molar-refractivity contribution in [3.05, 3.63) is 64.7 Å². The third-order valence-electron chi connectivity index (χ3n) is 7.76. The summed E-state index contributed by atoms with van der Waals surface area (Å²) in [6, 6.07) is 14.6. The Morgan fingerprint density at radius 3 is 2.56 bits per heavy atom. The molecule has 36 heavy (non-hydrogen) atoms. The van der Waals surface area contributed by atoms with Crippen LogP contribution in [0, 0.1) is 6.92 Å². The average Bonchev–Trinajstić information content (AvgIpc) is 2.83. The van der Waals surface area contributed by atoms with Gasteiger partial charge in [0.1, 0.15) is 18.5 Å². The van der Waals surface area contributed by atoms with Crippen LogP contribution >= 0.6 is 0 Å². The topological polar surface area (TPSA) is 73.2 Å². The molecular formula is C30H42N2O4. The number of carbonyl (C=O) groups is 1. The van der Waals surface area contributed by atoms with Gasteiger partial charge in [-0.1, -0.05) is 48.4 Å². The maximum Gasteiger partial charge on any atom is 0.257 e. The van der Waals surface area contributed by atoms with Crippen molar-refractivity contribution in [2.24, 2.45) is 0 Å². The van der Waals surface area contributed by atoms with Crippen molar-refractivity contribution in [2.75, 3.05) is 26.7 Å². The summed E-state index contributed by atoms with van der Waals surface area (Å²) < 4.78 is 6.11. The number of fused-ring (bicyclic) bond motifs is 1. The molecule has 2 atom stereocenters. The highest BCUT2D eigenvalue weighted by atomic mass is 16.5. The zero-order chi connectivity index (χ0) is 25.5. The molecule has 0 unspecified atom stereocenters. The van der Waals surface area contributed by atoms with E-state index < -0.39 is 12.2 Å². The molecule has 2 aromatic carbocycles. The second kappa shape index (κ2) is 12.7. The van der Waals surface area contributed by atoms with Gasteiger partial charge in [0.15, 0.2) is 0 Å². The lowest BCUT2D eigenvalue weighted by molar-refractivity contribution is -0.0165. The minimum atomic E-state index is -1.02. The molecule has 0 saturated heterocycles. The Morgan fingerprint density at radius 2 is 1.81 bits per heavy atom. The van der Waals surface area contributed by atoms with E-state index in [2.05, 4.69) is 36.1 Å². The Bertz CT molecular complexity index is 1010. The van der Waals surface area contributed by atoms with E-state index in [1.54, 1.807) is 0 Å². The van der Waals surface area contributed by atoms with Crippen molar-refractivity contribution in [2.45, 2.75) is 83.1 Å². The fourth-order valence-electron chi connectivity index (χ4n) is 5.20. The second-order valence-electron chi connectivity index (χ2n) is 10.6. The molecule has 0 spiro atoms. The molecule has 0 aromatic heterocycles. The molecule has 196 valence electrons. The molecule has 1 heterocycles. The van der Waals surface area contributed by atoms with E-state index in [-0.39, 0.29) is 12.5 Å². The van der Waals surface area contributed by atoms with Gasteiger partial charge in [-0.05, 0) is 75.6 Å². The van der Waals surface area contributed by atoms with Crippen molar-refractivity contribution in [3.63, 3.8) is 0 Å². The first-order valence-electron chi connectivity index (χ1n) is 13.6. The molecule has 4 rings (SSSR count). The maximum atomic E-state index is 13.3. The normalized spacial score (nSPS) is 22.6. The lowest BCUT2D eigenvalue weighted by Crippen LogP contribution is -2.41. The first-order valence-corrected chi connectivity index (χ1v) is 13.6. The highest BCUT2D eigenvalue weighted by molar-refractivity contribution is 5.97. The predicted octanol–water partition coefficient (Wildman–Crippen LogP) is 4.34. The van der Waals surface area contributed by atoms with Gasteiger partial charge in [0.05, 0.1) is 11.7 Å². The van der Waals surface area contributed by atoms with Crippen LogP contribution in [0.2, 0.25) is 0 Å². The number of benzene rings is 2. The van der Waals surface area contributed by atoms with E-state index in [1.165, 1.54) is 11.1 Å². The first-order chi connectivity index (χ1) is 17.4. The fourth-order valence-corrected chi connectivity index (χ4v) is 5.20. The van der Waals surface area contributed by atoms with E-state index in [1.807, 2.05) is 30.1 Å². The molecule has 6 heteroatoms. The second-order valence-corrected chi connectivity index (χ2v) is 10.6. The Hall–Kier alpha value is -2.41. The highest BCUT2D eigenvalue weighted by Crippen LogP contribution is 2.31. The number of rotatable bonds is 4. The summed E-state index contributed by atoms with van der Waals surface area (Å²) in [5, 5.41) is 21.4. The quantitative estimate of drug-likeness (QED) is 0.662. The van der Waals surface area contributed by atoms with Gasteiger partial charge in [-0.25, -0.2) is 0 Å². The van der Waals surface area contributed by atoms with E-state index in [0.29, 0.717) is 30.3 Å². The van der Waals surface area contributed by atoms with Crippen LogP contribution in [0.1, 0.15) is 72.0 Å². The van der Waals surface area contributed by atoms with Gasteiger partial charge in [-0.15, -0.1) is 0 Å². The van der Waals surface area contributed by atoms with Gasteiger partial charge < -0.3 is 19.8 Å². The number of aliphatic hydroxyl groups is 2. The molecule has 1 amide bonds. The highest BCUT2D eigenvalue weighted by Gasteiger charge is 2.29.